The van der Waals surface area contributed by atoms with Crippen LogP contribution in [0.5, 0.6) is 0 Å². The Morgan fingerprint density at radius 2 is 2.00 bits per heavy atom. The van der Waals surface area contributed by atoms with Crippen molar-refractivity contribution in [2.75, 3.05) is 44.8 Å². The largest absolute Gasteiger partial charge is 0.477 e. The van der Waals surface area contributed by atoms with Crippen molar-refractivity contribution in [3.63, 3.8) is 0 Å². The van der Waals surface area contributed by atoms with Gasteiger partial charge in [-0.3, -0.25) is 4.79 Å². The van der Waals surface area contributed by atoms with E-state index in [9.17, 15) is 14.7 Å². The smallest absolute Gasteiger partial charge is 0.341 e. The number of nitrogens with zero attached hydrogens (tertiary/aromatic N) is 2. The number of anilines is 1. The summed E-state index contributed by atoms with van der Waals surface area (Å²) in [5, 5.41) is 13.1. The van der Waals surface area contributed by atoms with Crippen molar-refractivity contribution in [1.82, 2.24) is 4.57 Å². The van der Waals surface area contributed by atoms with Crippen molar-refractivity contribution < 1.29 is 19.4 Å². The van der Waals surface area contributed by atoms with Gasteiger partial charge >= 0.3 is 5.97 Å². The van der Waals surface area contributed by atoms with E-state index in [0.29, 0.717) is 67.7 Å². The highest BCUT2D eigenvalue weighted by Gasteiger charge is 2.16. The zero-order chi connectivity index (χ0) is 20.5. The maximum Gasteiger partial charge on any atom is 0.341 e. The first kappa shape index (κ1) is 21.7. The van der Waals surface area contributed by atoms with Gasteiger partial charge in [0.05, 0.1) is 36.0 Å². The molecule has 150 valence electrons. The van der Waals surface area contributed by atoms with E-state index in [1.54, 1.807) is 16.7 Å². The van der Waals surface area contributed by atoms with Crippen molar-refractivity contribution in [3.05, 3.63) is 50.6 Å². The van der Waals surface area contributed by atoms with Gasteiger partial charge < -0.3 is 29.3 Å². The Morgan fingerprint density at radius 3 is 2.64 bits per heavy atom. The van der Waals surface area contributed by atoms with Gasteiger partial charge in [0.25, 0.3) is 0 Å². The third-order valence-corrected chi connectivity index (χ3v) is 4.33. The van der Waals surface area contributed by atoms with Gasteiger partial charge in [-0.2, -0.15) is 0 Å². The first-order valence-electron chi connectivity index (χ1n) is 8.82. The minimum Gasteiger partial charge on any atom is -0.477 e. The second kappa shape index (κ2) is 10.7. The highest BCUT2D eigenvalue weighted by molar-refractivity contribution is 6.34. The molecule has 1 heterocycles. The van der Waals surface area contributed by atoms with Crippen molar-refractivity contribution in [2.24, 2.45) is 0 Å². The van der Waals surface area contributed by atoms with Crippen LogP contribution in [0.4, 0.5) is 5.69 Å². The summed E-state index contributed by atoms with van der Waals surface area (Å²) in [4.78, 5) is 27.0. The number of pyridine rings is 1. The molecule has 0 unspecified atom stereocenters. The lowest BCUT2D eigenvalue weighted by atomic mass is 10.1. The summed E-state index contributed by atoms with van der Waals surface area (Å²) in [6, 6.07) is 3.23. The summed E-state index contributed by atoms with van der Waals surface area (Å²) < 4.78 is 12.3. The number of carbonyl (C=O) groups is 1. The number of hydrogen-bond acceptors (Lipinski definition) is 5. The molecule has 0 amide bonds. The standard InChI is InChI=1S/C19H22ClN3O5/c1-3-23-12-14(19(25)26)18(24)13-10-16(15(20)11-17(13)23)22-5-7-28-9-8-27-6-4-21-2/h10-12,22H,3-9H2,1H3,(H,25,26). The molecule has 8 nitrogen and oxygen atoms in total. The number of aryl methyl sites for hydroxylation is 1. The molecular formula is C19H22ClN3O5. The highest BCUT2D eigenvalue weighted by Crippen LogP contribution is 2.27. The molecule has 28 heavy (non-hydrogen) atoms. The Morgan fingerprint density at radius 1 is 1.29 bits per heavy atom. The van der Waals surface area contributed by atoms with E-state index < -0.39 is 11.4 Å². The van der Waals surface area contributed by atoms with Gasteiger partial charge in [-0.05, 0) is 19.1 Å². The van der Waals surface area contributed by atoms with Gasteiger partial charge in [-0.15, -0.1) is 0 Å². The number of benzene rings is 1. The Kier molecular flexibility index (Phi) is 8.26. The Bertz CT molecular complexity index is 936. The van der Waals surface area contributed by atoms with Crippen molar-refractivity contribution in [2.45, 2.75) is 13.5 Å². The molecule has 1 aromatic carbocycles. The molecular weight excluding hydrogens is 386 g/mol. The van der Waals surface area contributed by atoms with E-state index in [0.717, 1.165) is 0 Å². The number of aromatic carboxylic acids is 1. The topological polar surface area (TPSA) is 94.2 Å². The summed E-state index contributed by atoms with van der Waals surface area (Å²) in [7, 11) is 0. The van der Waals surface area contributed by atoms with Gasteiger partial charge in [0.2, 0.25) is 12.0 Å². The average Bonchev–Trinajstić information content (AvgIpc) is 2.67. The van der Waals surface area contributed by atoms with Gasteiger partial charge in [0.1, 0.15) is 12.2 Å². The highest BCUT2D eigenvalue weighted by atomic mass is 35.5. The summed E-state index contributed by atoms with van der Waals surface area (Å²) in [5.41, 5.74) is 0.304. The monoisotopic (exact) mass is 407 g/mol. The second-order valence-corrected chi connectivity index (χ2v) is 6.25. The fourth-order valence-electron chi connectivity index (χ4n) is 2.65. The zero-order valence-corrected chi connectivity index (χ0v) is 16.3. The molecule has 1 aromatic heterocycles. The lowest BCUT2D eigenvalue weighted by Crippen LogP contribution is -2.19. The lowest BCUT2D eigenvalue weighted by Gasteiger charge is -2.14. The fourth-order valence-corrected chi connectivity index (χ4v) is 2.88. The maximum absolute atomic E-state index is 12.5. The van der Waals surface area contributed by atoms with Gasteiger partial charge in [-0.25, -0.2) is 11.4 Å². The normalized spacial score (nSPS) is 10.8. The molecule has 2 aromatic rings. The van der Waals surface area contributed by atoms with Crippen molar-refractivity contribution >= 4 is 34.2 Å². The van der Waals surface area contributed by atoms with Crippen LogP contribution in [0, 0.1) is 6.57 Å². The second-order valence-electron chi connectivity index (χ2n) is 5.85. The molecule has 0 radical (unpaired) electrons. The number of nitrogens with one attached hydrogen (secondary N) is 1. The molecule has 2 N–H and O–H groups in total. The number of carboxylic acids is 1. The van der Waals surface area contributed by atoms with E-state index in [4.69, 9.17) is 27.6 Å². The van der Waals surface area contributed by atoms with Crippen LogP contribution in [0.1, 0.15) is 17.3 Å². The lowest BCUT2D eigenvalue weighted by molar-refractivity contribution is 0.0564. The van der Waals surface area contributed by atoms with E-state index in [2.05, 4.69) is 10.2 Å². The summed E-state index contributed by atoms with van der Waals surface area (Å²) in [5.74, 6) is -1.26. The Balaban J connectivity index is 2.05. The average molecular weight is 408 g/mol. The molecule has 0 bridgehead atoms. The fraction of sp³-hybridized carbons (Fsp3) is 0.421. The van der Waals surface area contributed by atoms with Crippen LogP contribution in [-0.4, -0.2) is 55.2 Å². The van der Waals surface area contributed by atoms with Crippen molar-refractivity contribution in [1.29, 1.82) is 0 Å². The number of rotatable bonds is 11. The molecule has 0 aliphatic rings. The Labute approximate surface area is 167 Å². The van der Waals surface area contributed by atoms with E-state index in [1.807, 2.05) is 6.92 Å². The van der Waals surface area contributed by atoms with Crippen molar-refractivity contribution in [3.8, 4) is 0 Å². The molecule has 9 heteroatoms. The SMILES string of the molecule is [C-]#[N+]CCOCCOCCNc1cc2c(=O)c(C(=O)O)cn(CC)c2cc1Cl. The Hall–Kier alpha value is -2.60. The van der Waals surface area contributed by atoms with Gasteiger partial charge in [0.15, 0.2) is 0 Å². The van der Waals surface area contributed by atoms with Crippen LogP contribution in [0.3, 0.4) is 0 Å². The molecule has 0 saturated heterocycles. The van der Waals surface area contributed by atoms with E-state index in [-0.39, 0.29) is 5.56 Å². The molecule has 0 aliphatic heterocycles. The third-order valence-electron chi connectivity index (χ3n) is 4.02. The minimum atomic E-state index is -1.26. The van der Waals surface area contributed by atoms with E-state index >= 15 is 0 Å². The van der Waals surface area contributed by atoms with E-state index in [1.165, 1.54) is 6.20 Å². The molecule has 0 fully saturated rings. The summed E-state index contributed by atoms with van der Waals surface area (Å²) in [6.45, 7) is 11.4. The predicted molar refractivity (Wildman–Crippen MR) is 107 cm³/mol. The summed E-state index contributed by atoms with van der Waals surface area (Å²) in [6.07, 6.45) is 1.34. The van der Waals surface area contributed by atoms with Gasteiger partial charge in [-0.1, -0.05) is 11.6 Å². The number of aromatic nitrogens is 1. The zero-order valence-electron chi connectivity index (χ0n) is 15.5. The molecule has 0 spiro atoms. The van der Waals surface area contributed by atoms with Crippen LogP contribution in [0.25, 0.3) is 15.7 Å². The minimum absolute atomic E-state index is 0.274. The quantitative estimate of drug-likeness (QED) is 0.439. The molecule has 0 atom stereocenters. The third kappa shape index (κ3) is 5.45. The van der Waals surface area contributed by atoms with Crippen LogP contribution in [-0.2, 0) is 16.0 Å². The molecule has 2 rings (SSSR count). The van der Waals surface area contributed by atoms with Crippen LogP contribution in [0.2, 0.25) is 5.02 Å². The summed E-state index contributed by atoms with van der Waals surface area (Å²) >= 11 is 6.32. The predicted octanol–water partition coefficient (Wildman–Crippen LogP) is 2.74. The number of ether oxygens (including phenoxy) is 2. The van der Waals surface area contributed by atoms with Crippen LogP contribution >= 0.6 is 11.6 Å². The van der Waals surface area contributed by atoms with Gasteiger partial charge in [0, 0.05) is 24.7 Å². The van der Waals surface area contributed by atoms with Crippen LogP contribution in [0.15, 0.2) is 23.1 Å². The maximum atomic E-state index is 12.5. The number of fused-ring (bicyclic) bond motifs is 1. The first-order chi connectivity index (χ1) is 13.5. The first-order valence-corrected chi connectivity index (χ1v) is 9.20. The molecule has 0 saturated carbocycles. The number of halogens is 1. The van der Waals surface area contributed by atoms with Crippen LogP contribution < -0.4 is 10.7 Å². The number of hydrogen-bond donors (Lipinski definition) is 2. The number of carboxylic acid groups (broad SMARTS) is 1. The molecule has 0 aliphatic carbocycles.